The number of hydrogen-bond acceptors (Lipinski definition) is 3. The van der Waals surface area contributed by atoms with E-state index in [-0.39, 0.29) is 24.5 Å². The summed E-state index contributed by atoms with van der Waals surface area (Å²) in [6, 6.07) is 8.06. The molecule has 1 heterocycles. The van der Waals surface area contributed by atoms with Crippen molar-refractivity contribution < 1.29 is 14.3 Å². The molecule has 1 aliphatic heterocycles. The number of carbonyl (C=O) groups is 2. The molecule has 1 aliphatic carbocycles. The van der Waals surface area contributed by atoms with E-state index in [2.05, 4.69) is 11.4 Å². The molecular weight excluding hydrogens is 304 g/mol. The first-order chi connectivity index (χ1) is 11.7. The van der Waals surface area contributed by atoms with Crippen LogP contribution in [0.5, 0.6) is 0 Å². The lowest BCUT2D eigenvalue weighted by atomic mass is 10.0. The molecule has 0 spiro atoms. The van der Waals surface area contributed by atoms with Gasteiger partial charge in [0.1, 0.15) is 6.61 Å². The summed E-state index contributed by atoms with van der Waals surface area (Å²) in [5.74, 6) is -0.0621. The van der Waals surface area contributed by atoms with E-state index in [4.69, 9.17) is 4.74 Å². The Morgan fingerprint density at radius 1 is 1.17 bits per heavy atom. The van der Waals surface area contributed by atoms with Crippen LogP contribution in [0.25, 0.3) is 0 Å². The van der Waals surface area contributed by atoms with Gasteiger partial charge in [-0.05, 0) is 37.3 Å². The van der Waals surface area contributed by atoms with Gasteiger partial charge in [0.2, 0.25) is 11.8 Å². The van der Waals surface area contributed by atoms with Gasteiger partial charge in [-0.25, -0.2) is 0 Å². The molecule has 1 N–H and O–H groups in total. The number of ether oxygens (including phenoxy) is 1. The summed E-state index contributed by atoms with van der Waals surface area (Å²) < 4.78 is 5.58. The van der Waals surface area contributed by atoms with Crippen LogP contribution in [-0.4, -0.2) is 37.6 Å². The highest BCUT2D eigenvalue weighted by Gasteiger charge is 2.22. The van der Waals surface area contributed by atoms with E-state index in [9.17, 15) is 9.59 Å². The zero-order valence-electron chi connectivity index (χ0n) is 14.1. The molecule has 1 fully saturated rings. The normalized spacial score (nSPS) is 17.6. The van der Waals surface area contributed by atoms with Crippen LogP contribution in [0.15, 0.2) is 24.3 Å². The average molecular weight is 330 g/mol. The minimum absolute atomic E-state index is 0.0687. The van der Waals surface area contributed by atoms with Crippen LogP contribution in [0.3, 0.4) is 0 Å². The number of rotatable bonds is 6. The van der Waals surface area contributed by atoms with Crippen LogP contribution in [0.1, 0.15) is 44.1 Å². The highest BCUT2D eigenvalue weighted by molar-refractivity contribution is 5.94. The summed E-state index contributed by atoms with van der Waals surface area (Å²) in [5.41, 5.74) is 2.25. The standard InChI is InChI=1S/C19H26N2O3/c22-18(14-24-16-8-2-3-9-16)20-12-11-19(23)21-13-5-7-15-6-1-4-10-17(15)21/h1,4,6,10,16H,2-3,5,7-9,11-14H2,(H,20,22). The van der Waals surface area contributed by atoms with Crippen molar-refractivity contribution in [3.63, 3.8) is 0 Å². The lowest BCUT2D eigenvalue weighted by Gasteiger charge is -2.29. The summed E-state index contributed by atoms with van der Waals surface area (Å²) in [4.78, 5) is 26.1. The first kappa shape index (κ1) is 17.0. The Hall–Kier alpha value is -1.88. The minimum atomic E-state index is -0.131. The number of para-hydroxylation sites is 1. The quantitative estimate of drug-likeness (QED) is 0.871. The Labute approximate surface area is 143 Å². The third-order valence-corrected chi connectivity index (χ3v) is 4.82. The third-order valence-electron chi connectivity index (χ3n) is 4.82. The molecule has 130 valence electrons. The van der Waals surface area contributed by atoms with Crippen molar-refractivity contribution in [1.82, 2.24) is 5.32 Å². The molecule has 0 aromatic heterocycles. The highest BCUT2D eigenvalue weighted by atomic mass is 16.5. The lowest BCUT2D eigenvalue weighted by molar-refractivity contribution is -0.127. The van der Waals surface area contributed by atoms with Gasteiger partial charge in [-0.3, -0.25) is 9.59 Å². The molecule has 5 heteroatoms. The van der Waals surface area contributed by atoms with E-state index in [0.29, 0.717) is 13.0 Å². The van der Waals surface area contributed by atoms with Gasteiger partial charge in [0, 0.05) is 25.2 Å². The second-order valence-electron chi connectivity index (χ2n) is 6.60. The second kappa shape index (κ2) is 8.29. The first-order valence-corrected chi connectivity index (χ1v) is 9.00. The molecule has 1 aromatic carbocycles. The summed E-state index contributed by atoms with van der Waals surface area (Å²) in [7, 11) is 0. The maximum Gasteiger partial charge on any atom is 0.246 e. The van der Waals surface area contributed by atoms with Crippen molar-refractivity contribution in [1.29, 1.82) is 0 Å². The highest BCUT2D eigenvalue weighted by Crippen LogP contribution is 2.27. The van der Waals surface area contributed by atoms with Crippen molar-refractivity contribution in [3.8, 4) is 0 Å². The van der Waals surface area contributed by atoms with Gasteiger partial charge < -0.3 is 15.0 Å². The maximum atomic E-state index is 12.5. The molecule has 0 radical (unpaired) electrons. The number of anilines is 1. The fraction of sp³-hybridized carbons (Fsp3) is 0.579. The first-order valence-electron chi connectivity index (χ1n) is 9.00. The molecule has 0 unspecified atom stereocenters. The van der Waals surface area contributed by atoms with Crippen LogP contribution in [0.4, 0.5) is 5.69 Å². The predicted octanol–water partition coefficient (Wildman–Crippen LogP) is 2.43. The number of hydrogen-bond donors (Lipinski definition) is 1. The zero-order valence-corrected chi connectivity index (χ0v) is 14.1. The number of benzene rings is 1. The molecule has 1 aromatic rings. The van der Waals surface area contributed by atoms with Gasteiger partial charge in [-0.15, -0.1) is 0 Å². The lowest BCUT2D eigenvalue weighted by Crippen LogP contribution is -2.38. The molecule has 2 amide bonds. The number of fused-ring (bicyclic) bond motifs is 1. The molecule has 1 saturated carbocycles. The molecule has 0 saturated heterocycles. The second-order valence-corrected chi connectivity index (χ2v) is 6.60. The van der Waals surface area contributed by atoms with Crippen molar-refractivity contribution in [2.45, 2.75) is 51.0 Å². The van der Waals surface area contributed by atoms with Crippen molar-refractivity contribution in [2.24, 2.45) is 0 Å². The van der Waals surface area contributed by atoms with E-state index in [1.54, 1.807) is 0 Å². The van der Waals surface area contributed by atoms with E-state index in [1.807, 2.05) is 23.1 Å². The van der Waals surface area contributed by atoms with Gasteiger partial charge >= 0.3 is 0 Å². The van der Waals surface area contributed by atoms with Gasteiger partial charge in [0.05, 0.1) is 6.10 Å². The van der Waals surface area contributed by atoms with E-state index in [0.717, 1.165) is 37.9 Å². The van der Waals surface area contributed by atoms with Crippen molar-refractivity contribution >= 4 is 17.5 Å². The number of nitrogens with one attached hydrogen (secondary N) is 1. The third kappa shape index (κ3) is 4.35. The molecule has 24 heavy (non-hydrogen) atoms. The fourth-order valence-corrected chi connectivity index (χ4v) is 3.54. The van der Waals surface area contributed by atoms with Gasteiger partial charge in [-0.2, -0.15) is 0 Å². The monoisotopic (exact) mass is 330 g/mol. The molecule has 3 rings (SSSR count). The Morgan fingerprint density at radius 3 is 2.79 bits per heavy atom. The number of amides is 2. The largest absolute Gasteiger partial charge is 0.368 e. The zero-order chi connectivity index (χ0) is 16.8. The number of carbonyl (C=O) groups excluding carboxylic acids is 2. The Balaban J connectivity index is 1.40. The Kier molecular flexibility index (Phi) is 5.86. The van der Waals surface area contributed by atoms with Gasteiger partial charge in [-0.1, -0.05) is 31.0 Å². The summed E-state index contributed by atoms with van der Waals surface area (Å²) in [6.45, 7) is 1.23. The van der Waals surface area contributed by atoms with Crippen molar-refractivity contribution in [2.75, 3.05) is 24.6 Å². The van der Waals surface area contributed by atoms with Gasteiger partial charge in [0.15, 0.2) is 0 Å². The van der Waals surface area contributed by atoms with Crippen LogP contribution in [0, 0.1) is 0 Å². The van der Waals surface area contributed by atoms with E-state index >= 15 is 0 Å². The molecule has 0 atom stereocenters. The number of aryl methyl sites for hydroxylation is 1. The molecule has 0 bridgehead atoms. The SMILES string of the molecule is O=C(COC1CCCC1)NCCC(=O)N1CCCc2ccccc21. The summed E-state index contributed by atoms with van der Waals surface area (Å²) in [6.07, 6.45) is 7.07. The van der Waals surface area contributed by atoms with Crippen LogP contribution in [-0.2, 0) is 20.7 Å². The molecule has 5 nitrogen and oxygen atoms in total. The van der Waals surface area contributed by atoms with Crippen LogP contribution < -0.4 is 10.2 Å². The summed E-state index contributed by atoms with van der Waals surface area (Å²) in [5, 5.41) is 2.79. The summed E-state index contributed by atoms with van der Waals surface area (Å²) >= 11 is 0. The Morgan fingerprint density at radius 2 is 1.96 bits per heavy atom. The fourth-order valence-electron chi connectivity index (χ4n) is 3.54. The van der Waals surface area contributed by atoms with Gasteiger partial charge in [0.25, 0.3) is 0 Å². The molecular formula is C19H26N2O3. The topological polar surface area (TPSA) is 58.6 Å². The predicted molar refractivity (Wildman–Crippen MR) is 93.0 cm³/mol. The molecule has 2 aliphatic rings. The smallest absolute Gasteiger partial charge is 0.246 e. The van der Waals surface area contributed by atoms with E-state index < -0.39 is 0 Å². The van der Waals surface area contributed by atoms with Crippen LogP contribution >= 0.6 is 0 Å². The van der Waals surface area contributed by atoms with Crippen LogP contribution in [0.2, 0.25) is 0 Å². The van der Waals surface area contributed by atoms with E-state index in [1.165, 1.54) is 18.4 Å². The minimum Gasteiger partial charge on any atom is -0.368 e. The maximum absolute atomic E-state index is 12.5. The number of nitrogens with zero attached hydrogens (tertiary/aromatic N) is 1. The average Bonchev–Trinajstić information content (AvgIpc) is 3.13. The Bertz CT molecular complexity index is 582. The van der Waals surface area contributed by atoms with Crippen molar-refractivity contribution in [3.05, 3.63) is 29.8 Å².